The minimum atomic E-state index is -0.0814. The Morgan fingerprint density at radius 2 is 2.43 bits per heavy atom. The summed E-state index contributed by atoms with van der Waals surface area (Å²) in [5, 5.41) is 2.71. The van der Waals surface area contributed by atoms with Crippen molar-refractivity contribution in [3.05, 3.63) is 18.3 Å². The molecule has 1 aromatic rings. The molecule has 0 aliphatic carbocycles. The molecule has 0 aliphatic rings. The molecule has 0 fully saturated rings. The lowest BCUT2D eigenvalue weighted by molar-refractivity contribution is -0.114. The molecule has 0 spiro atoms. The first-order valence-electron chi connectivity index (χ1n) is 4.59. The summed E-state index contributed by atoms with van der Waals surface area (Å²) in [7, 11) is 0. The van der Waals surface area contributed by atoms with Gasteiger partial charge in [-0.05, 0) is 24.3 Å². The summed E-state index contributed by atoms with van der Waals surface area (Å²) in [6.45, 7) is 3.62. The number of nitrogens with one attached hydrogen (secondary N) is 1. The Morgan fingerprint density at radius 3 is 3.07 bits per heavy atom. The van der Waals surface area contributed by atoms with Crippen molar-refractivity contribution in [2.45, 2.75) is 25.2 Å². The lowest BCUT2D eigenvalue weighted by atomic mass is 10.4. The number of carbonyl (C=O) groups is 1. The second-order valence-electron chi connectivity index (χ2n) is 2.88. The lowest BCUT2D eigenvalue weighted by Crippen LogP contribution is -2.08. The van der Waals surface area contributed by atoms with Gasteiger partial charge in [-0.25, -0.2) is 4.98 Å². The zero-order valence-electron chi connectivity index (χ0n) is 8.41. The highest BCUT2D eigenvalue weighted by Gasteiger charge is 2.04. The third-order valence-corrected chi connectivity index (χ3v) is 2.78. The second-order valence-corrected chi connectivity index (χ2v) is 4.02. The van der Waals surface area contributed by atoms with E-state index in [-0.39, 0.29) is 5.91 Å². The maximum atomic E-state index is 10.9. The minimum Gasteiger partial charge on any atom is -0.310 e. The molecule has 0 aromatic carbocycles. The number of amides is 1. The number of carbonyl (C=O) groups excluding carboxylic acids is 1. The molecule has 76 valence electrons. The highest BCUT2D eigenvalue weighted by molar-refractivity contribution is 7.99. The number of pyridine rings is 1. The fourth-order valence-corrected chi connectivity index (χ4v) is 1.82. The molecule has 0 saturated heterocycles. The van der Waals surface area contributed by atoms with Gasteiger partial charge in [0.2, 0.25) is 5.91 Å². The third-order valence-electron chi connectivity index (χ3n) is 1.53. The summed E-state index contributed by atoms with van der Waals surface area (Å²) in [6.07, 6.45) is 2.79. The van der Waals surface area contributed by atoms with E-state index in [1.165, 1.54) is 6.92 Å². The molecule has 1 aromatic heterocycles. The van der Waals surface area contributed by atoms with Crippen molar-refractivity contribution in [3.63, 3.8) is 0 Å². The van der Waals surface area contributed by atoms with Gasteiger partial charge >= 0.3 is 0 Å². The zero-order valence-corrected chi connectivity index (χ0v) is 9.23. The molecule has 0 radical (unpaired) electrons. The first-order valence-corrected chi connectivity index (χ1v) is 5.58. The van der Waals surface area contributed by atoms with E-state index in [0.717, 1.165) is 17.1 Å². The van der Waals surface area contributed by atoms with E-state index in [4.69, 9.17) is 0 Å². The largest absolute Gasteiger partial charge is 0.310 e. The number of rotatable bonds is 4. The molecule has 1 rings (SSSR count). The summed E-state index contributed by atoms with van der Waals surface area (Å²) in [6, 6.07) is 3.85. The van der Waals surface area contributed by atoms with Gasteiger partial charge in [0.25, 0.3) is 0 Å². The predicted molar refractivity (Wildman–Crippen MR) is 59.6 cm³/mol. The van der Waals surface area contributed by atoms with Crippen LogP contribution >= 0.6 is 11.8 Å². The van der Waals surface area contributed by atoms with Crippen LogP contribution in [0.1, 0.15) is 20.3 Å². The summed E-state index contributed by atoms with van der Waals surface area (Å²) in [4.78, 5) is 16.0. The Balaban J connectivity index is 2.74. The van der Waals surface area contributed by atoms with Crippen LogP contribution in [0, 0.1) is 0 Å². The average molecular weight is 210 g/mol. The molecule has 1 amide bonds. The van der Waals surface area contributed by atoms with Gasteiger partial charge in [-0.1, -0.05) is 6.92 Å². The number of hydrogen-bond donors (Lipinski definition) is 1. The summed E-state index contributed by atoms with van der Waals surface area (Å²) < 4.78 is 0. The predicted octanol–water partition coefficient (Wildman–Crippen LogP) is 2.54. The molecule has 14 heavy (non-hydrogen) atoms. The van der Waals surface area contributed by atoms with Crippen molar-refractivity contribution in [1.29, 1.82) is 0 Å². The van der Waals surface area contributed by atoms with E-state index in [2.05, 4.69) is 17.2 Å². The van der Waals surface area contributed by atoms with Crippen molar-refractivity contribution >= 4 is 23.5 Å². The Bertz CT molecular complexity index is 315. The first-order chi connectivity index (χ1) is 6.74. The summed E-state index contributed by atoms with van der Waals surface area (Å²) >= 11 is 1.71. The normalized spacial score (nSPS) is 9.86. The Morgan fingerprint density at radius 1 is 1.64 bits per heavy atom. The Hall–Kier alpha value is -1.03. The Kier molecular flexibility index (Phi) is 4.46. The lowest BCUT2D eigenvalue weighted by Gasteiger charge is -2.06. The van der Waals surface area contributed by atoms with Crippen LogP contribution in [0.3, 0.4) is 0 Å². The van der Waals surface area contributed by atoms with Gasteiger partial charge in [-0.2, -0.15) is 0 Å². The molecule has 0 bridgehead atoms. The van der Waals surface area contributed by atoms with Gasteiger partial charge in [0, 0.05) is 13.1 Å². The summed E-state index contributed by atoms with van der Waals surface area (Å²) in [5.74, 6) is 1.62. The zero-order chi connectivity index (χ0) is 10.4. The SMILES string of the molecule is CCCSc1cccnc1NC(C)=O. The maximum Gasteiger partial charge on any atom is 0.222 e. The van der Waals surface area contributed by atoms with Crippen LogP contribution in [0.2, 0.25) is 0 Å². The van der Waals surface area contributed by atoms with Crippen molar-refractivity contribution in [1.82, 2.24) is 4.98 Å². The number of aromatic nitrogens is 1. The molecule has 0 unspecified atom stereocenters. The van der Waals surface area contributed by atoms with Crippen LogP contribution in [0.25, 0.3) is 0 Å². The van der Waals surface area contributed by atoms with Gasteiger partial charge in [0.1, 0.15) is 5.82 Å². The highest BCUT2D eigenvalue weighted by atomic mass is 32.2. The number of anilines is 1. The topological polar surface area (TPSA) is 42.0 Å². The van der Waals surface area contributed by atoms with Crippen LogP contribution in [-0.4, -0.2) is 16.6 Å². The monoisotopic (exact) mass is 210 g/mol. The smallest absolute Gasteiger partial charge is 0.222 e. The standard InChI is InChI=1S/C10H14N2OS/c1-3-7-14-9-5-4-6-11-10(9)12-8(2)13/h4-6H,3,7H2,1-2H3,(H,11,12,13). The van der Waals surface area contributed by atoms with Gasteiger partial charge in [-0.3, -0.25) is 4.79 Å². The number of hydrogen-bond acceptors (Lipinski definition) is 3. The fraction of sp³-hybridized carbons (Fsp3) is 0.400. The van der Waals surface area contributed by atoms with E-state index in [9.17, 15) is 4.79 Å². The Labute approximate surface area is 88.3 Å². The van der Waals surface area contributed by atoms with Gasteiger partial charge < -0.3 is 5.32 Å². The number of nitrogens with zero attached hydrogens (tertiary/aromatic N) is 1. The van der Waals surface area contributed by atoms with Crippen molar-refractivity contribution in [2.75, 3.05) is 11.1 Å². The molecule has 0 atom stereocenters. The van der Waals surface area contributed by atoms with E-state index >= 15 is 0 Å². The van der Waals surface area contributed by atoms with Crippen LogP contribution in [0.15, 0.2) is 23.2 Å². The van der Waals surface area contributed by atoms with Crippen LogP contribution in [0.4, 0.5) is 5.82 Å². The van der Waals surface area contributed by atoms with Crippen LogP contribution < -0.4 is 5.32 Å². The molecular formula is C10H14N2OS. The first kappa shape index (κ1) is 11.0. The maximum absolute atomic E-state index is 10.9. The summed E-state index contributed by atoms with van der Waals surface area (Å²) in [5.41, 5.74) is 0. The van der Waals surface area contributed by atoms with Gasteiger partial charge in [0.15, 0.2) is 0 Å². The van der Waals surface area contributed by atoms with Crippen molar-refractivity contribution in [3.8, 4) is 0 Å². The van der Waals surface area contributed by atoms with E-state index < -0.39 is 0 Å². The van der Waals surface area contributed by atoms with Crippen molar-refractivity contribution < 1.29 is 4.79 Å². The van der Waals surface area contributed by atoms with Crippen LogP contribution in [-0.2, 0) is 4.79 Å². The van der Waals surface area contributed by atoms with Crippen molar-refractivity contribution in [2.24, 2.45) is 0 Å². The molecule has 3 nitrogen and oxygen atoms in total. The van der Waals surface area contributed by atoms with E-state index in [1.807, 2.05) is 12.1 Å². The third kappa shape index (κ3) is 3.38. The molecule has 0 saturated carbocycles. The quantitative estimate of drug-likeness (QED) is 0.776. The van der Waals surface area contributed by atoms with E-state index in [0.29, 0.717) is 5.82 Å². The van der Waals surface area contributed by atoms with Crippen LogP contribution in [0.5, 0.6) is 0 Å². The molecule has 4 heteroatoms. The fourth-order valence-electron chi connectivity index (χ4n) is 0.980. The number of thioether (sulfide) groups is 1. The molecule has 1 N–H and O–H groups in total. The molecule has 1 heterocycles. The molecular weight excluding hydrogens is 196 g/mol. The highest BCUT2D eigenvalue weighted by Crippen LogP contribution is 2.25. The van der Waals surface area contributed by atoms with Gasteiger partial charge in [0.05, 0.1) is 4.90 Å². The minimum absolute atomic E-state index is 0.0814. The van der Waals surface area contributed by atoms with E-state index in [1.54, 1.807) is 18.0 Å². The molecule has 0 aliphatic heterocycles. The van der Waals surface area contributed by atoms with Gasteiger partial charge in [-0.15, -0.1) is 11.8 Å². The average Bonchev–Trinajstić information content (AvgIpc) is 2.16. The second kappa shape index (κ2) is 5.65.